The molecule has 1 N–H and O–H groups in total. The van der Waals surface area contributed by atoms with Crippen LogP contribution >= 0.6 is 45.2 Å². The minimum atomic E-state index is -0.497. The number of hydrogen-bond donors (Lipinski definition) is 1. The number of rotatable bonds is 4. The van der Waals surface area contributed by atoms with Crippen molar-refractivity contribution in [3.05, 3.63) is 24.8 Å². The van der Waals surface area contributed by atoms with Crippen molar-refractivity contribution in [2.45, 2.75) is 32.0 Å². The van der Waals surface area contributed by atoms with E-state index in [1.54, 1.807) is 7.11 Å². The minimum absolute atomic E-state index is 0.0386. The zero-order chi connectivity index (χ0) is 15.8. The van der Waals surface area contributed by atoms with Gasteiger partial charge in [0.2, 0.25) is 0 Å². The maximum atomic E-state index is 12.4. The standard InChI is InChI=1S/C14H18I2N2O3/c1-14(2)17-11(13(19)18(14)21-4)7-8-5-9(15)12(20-3)10(16)6-8/h5-6,11,17H,7H2,1-4H3/t11-/m0/s1. The number of nitrogens with zero attached hydrogens (tertiary/aromatic N) is 1. The van der Waals surface area contributed by atoms with Crippen molar-refractivity contribution >= 4 is 51.1 Å². The van der Waals surface area contributed by atoms with E-state index in [2.05, 4.69) is 62.6 Å². The second-order valence-corrected chi connectivity index (χ2v) is 7.69. The van der Waals surface area contributed by atoms with Crippen LogP contribution in [0.3, 0.4) is 0 Å². The summed E-state index contributed by atoms with van der Waals surface area (Å²) in [5.74, 6) is 0.841. The van der Waals surface area contributed by atoms with E-state index in [-0.39, 0.29) is 11.9 Å². The molecule has 0 saturated carbocycles. The SMILES string of the molecule is COc1c(I)cc(C[C@@H]2NC(C)(C)N(OC)C2=O)cc1I. The molecule has 7 heteroatoms. The molecular weight excluding hydrogens is 498 g/mol. The second-order valence-electron chi connectivity index (χ2n) is 5.37. The number of halogens is 2. The molecule has 116 valence electrons. The fourth-order valence-corrected chi connectivity index (χ4v) is 4.92. The molecule has 1 aromatic rings. The lowest BCUT2D eigenvalue weighted by atomic mass is 10.1. The molecule has 0 unspecified atom stereocenters. The molecule has 2 rings (SSSR count). The number of amides is 1. The third-order valence-corrected chi connectivity index (χ3v) is 5.02. The quantitative estimate of drug-likeness (QED) is 0.626. The van der Waals surface area contributed by atoms with Crippen LogP contribution in [-0.2, 0) is 16.1 Å². The summed E-state index contributed by atoms with van der Waals surface area (Å²) >= 11 is 4.50. The molecule has 0 spiro atoms. The summed E-state index contributed by atoms with van der Waals surface area (Å²) in [6, 6.07) is 3.83. The zero-order valence-corrected chi connectivity index (χ0v) is 16.7. The maximum Gasteiger partial charge on any atom is 0.265 e. The first-order valence-corrected chi connectivity index (χ1v) is 8.63. The molecule has 0 aliphatic carbocycles. The molecule has 0 bridgehead atoms. The summed E-state index contributed by atoms with van der Waals surface area (Å²) in [6.45, 7) is 3.85. The normalized spacial score (nSPS) is 21.0. The number of ether oxygens (including phenoxy) is 1. The first-order valence-electron chi connectivity index (χ1n) is 6.48. The van der Waals surface area contributed by atoms with Gasteiger partial charge in [-0.05, 0) is 83.1 Å². The van der Waals surface area contributed by atoms with E-state index in [0.29, 0.717) is 6.42 Å². The zero-order valence-electron chi connectivity index (χ0n) is 12.4. The lowest BCUT2D eigenvalue weighted by molar-refractivity contribution is -0.192. The number of benzene rings is 1. The molecule has 5 nitrogen and oxygen atoms in total. The van der Waals surface area contributed by atoms with Crippen LogP contribution < -0.4 is 10.1 Å². The van der Waals surface area contributed by atoms with Crippen LogP contribution in [0.5, 0.6) is 5.75 Å². The average Bonchev–Trinajstić information content (AvgIpc) is 2.58. The topological polar surface area (TPSA) is 50.8 Å². The summed E-state index contributed by atoms with van der Waals surface area (Å²) < 4.78 is 7.46. The average molecular weight is 516 g/mol. The van der Waals surface area contributed by atoms with Gasteiger partial charge in [-0.25, -0.2) is 5.06 Å². The van der Waals surface area contributed by atoms with Gasteiger partial charge in [-0.1, -0.05) is 0 Å². The van der Waals surface area contributed by atoms with E-state index >= 15 is 0 Å². The first kappa shape index (κ1) is 17.2. The molecular formula is C14H18I2N2O3. The number of hydrogen-bond acceptors (Lipinski definition) is 4. The van der Waals surface area contributed by atoms with Crippen LogP contribution in [0.4, 0.5) is 0 Å². The predicted molar refractivity (Wildman–Crippen MR) is 97.0 cm³/mol. The van der Waals surface area contributed by atoms with E-state index in [0.717, 1.165) is 18.5 Å². The van der Waals surface area contributed by atoms with Gasteiger partial charge in [0.1, 0.15) is 11.4 Å². The van der Waals surface area contributed by atoms with Crippen LogP contribution in [0.1, 0.15) is 19.4 Å². The van der Waals surface area contributed by atoms with Crippen LogP contribution in [0, 0.1) is 7.14 Å². The third-order valence-electron chi connectivity index (χ3n) is 3.42. The summed E-state index contributed by atoms with van der Waals surface area (Å²) in [6.07, 6.45) is 0.623. The van der Waals surface area contributed by atoms with Crippen LogP contribution in [0.25, 0.3) is 0 Å². The maximum absolute atomic E-state index is 12.4. The first-order chi connectivity index (χ1) is 9.80. The van der Waals surface area contributed by atoms with E-state index in [1.807, 2.05) is 13.8 Å². The Morgan fingerprint density at radius 1 is 1.29 bits per heavy atom. The van der Waals surface area contributed by atoms with Crippen molar-refractivity contribution in [1.29, 1.82) is 0 Å². The number of methoxy groups -OCH3 is 1. The lowest BCUT2D eigenvalue weighted by Crippen LogP contribution is -2.46. The molecule has 1 heterocycles. The monoisotopic (exact) mass is 516 g/mol. The van der Waals surface area contributed by atoms with Crippen LogP contribution in [0.15, 0.2) is 12.1 Å². The highest BCUT2D eigenvalue weighted by molar-refractivity contribution is 14.1. The van der Waals surface area contributed by atoms with Gasteiger partial charge in [-0.2, -0.15) is 0 Å². The van der Waals surface area contributed by atoms with E-state index < -0.39 is 5.66 Å². The van der Waals surface area contributed by atoms with Crippen molar-refractivity contribution < 1.29 is 14.4 Å². The molecule has 1 aromatic carbocycles. The van der Waals surface area contributed by atoms with E-state index in [1.165, 1.54) is 12.2 Å². The number of nitrogens with one attached hydrogen (secondary N) is 1. The Morgan fingerprint density at radius 3 is 2.29 bits per heavy atom. The molecule has 0 aromatic heterocycles. The van der Waals surface area contributed by atoms with Crippen molar-refractivity contribution in [3.8, 4) is 5.75 Å². The third kappa shape index (κ3) is 3.45. The molecule has 0 radical (unpaired) electrons. The minimum Gasteiger partial charge on any atom is -0.495 e. The van der Waals surface area contributed by atoms with Gasteiger partial charge in [0.25, 0.3) is 5.91 Å². The van der Waals surface area contributed by atoms with Gasteiger partial charge >= 0.3 is 0 Å². The summed E-state index contributed by atoms with van der Waals surface area (Å²) in [5.41, 5.74) is 0.604. The fraction of sp³-hybridized carbons (Fsp3) is 0.500. The van der Waals surface area contributed by atoms with Crippen LogP contribution in [0.2, 0.25) is 0 Å². The number of carbonyl (C=O) groups is 1. The summed E-state index contributed by atoms with van der Waals surface area (Å²) in [7, 11) is 3.18. The second kappa shape index (κ2) is 6.55. The molecule has 1 amide bonds. The molecule has 1 saturated heterocycles. The number of carbonyl (C=O) groups excluding carboxylic acids is 1. The molecule has 1 aliphatic rings. The largest absolute Gasteiger partial charge is 0.495 e. The van der Waals surface area contributed by atoms with Crippen molar-refractivity contribution in [1.82, 2.24) is 10.4 Å². The Labute approximate surface area is 152 Å². The summed E-state index contributed by atoms with van der Waals surface area (Å²) in [5, 5.41) is 4.71. The Kier molecular flexibility index (Phi) is 5.37. The Morgan fingerprint density at radius 2 is 1.86 bits per heavy atom. The molecule has 1 atom stereocenters. The van der Waals surface area contributed by atoms with Crippen LogP contribution in [-0.4, -0.2) is 36.9 Å². The summed E-state index contributed by atoms with van der Waals surface area (Å²) in [4.78, 5) is 17.5. The Hall–Kier alpha value is -0.130. The van der Waals surface area contributed by atoms with Gasteiger partial charge < -0.3 is 4.74 Å². The highest BCUT2D eigenvalue weighted by atomic mass is 127. The highest BCUT2D eigenvalue weighted by Gasteiger charge is 2.45. The lowest BCUT2D eigenvalue weighted by Gasteiger charge is -2.28. The van der Waals surface area contributed by atoms with Gasteiger partial charge in [-0.15, -0.1) is 0 Å². The van der Waals surface area contributed by atoms with E-state index in [9.17, 15) is 4.79 Å². The van der Waals surface area contributed by atoms with Crippen molar-refractivity contribution in [2.24, 2.45) is 0 Å². The van der Waals surface area contributed by atoms with Crippen molar-refractivity contribution in [2.75, 3.05) is 14.2 Å². The van der Waals surface area contributed by atoms with Gasteiger partial charge in [0.15, 0.2) is 0 Å². The smallest absolute Gasteiger partial charge is 0.265 e. The molecule has 1 fully saturated rings. The van der Waals surface area contributed by atoms with Gasteiger partial charge in [0.05, 0.1) is 27.4 Å². The van der Waals surface area contributed by atoms with Gasteiger partial charge in [0, 0.05) is 0 Å². The fourth-order valence-electron chi connectivity index (χ4n) is 2.58. The predicted octanol–water partition coefficient (Wildman–Crippen LogP) is 2.54. The highest BCUT2D eigenvalue weighted by Crippen LogP contribution is 2.30. The number of hydroxylamine groups is 2. The van der Waals surface area contributed by atoms with E-state index in [4.69, 9.17) is 9.57 Å². The Bertz CT molecular complexity index is 540. The van der Waals surface area contributed by atoms with Gasteiger partial charge in [-0.3, -0.25) is 14.9 Å². The van der Waals surface area contributed by atoms with Crippen molar-refractivity contribution in [3.63, 3.8) is 0 Å². The molecule has 21 heavy (non-hydrogen) atoms. The molecule has 1 aliphatic heterocycles. The Balaban J connectivity index is 2.22.